The van der Waals surface area contributed by atoms with Crippen LogP contribution in [0.25, 0.3) is 0 Å². The van der Waals surface area contributed by atoms with E-state index in [4.69, 9.17) is 16.3 Å². The first kappa shape index (κ1) is 17.9. The number of nitrogens with one attached hydrogen (secondary N) is 2. The van der Waals surface area contributed by atoms with Crippen molar-refractivity contribution in [1.82, 2.24) is 4.98 Å². The lowest BCUT2D eigenvalue weighted by atomic mass is 10.1. The summed E-state index contributed by atoms with van der Waals surface area (Å²) < 4.78 is 5.61. The van der Waals surface area contributed by atoms with Crippen LogP contribution in [0, 0.1) is 0 Å². The summed E-state index contributed by atoms with van der Waals surface area (Å²) in [6, 6.07) is 10.7. The molecule has 0 fully saturated rings. The van der Waals surface area contributed by atoms with Gasteiger partial charge in [0, 0.05) is 29.6 Å². The molecule has 2 aromatic carbocycles. The lowest BCUT2D eigenvalue weighted by Gasteiger charge is -2.14. The summed E-state index contributed by atoms with van der Waals surface area (Å²) in [6.07, 6.45) is 4.85. The third-order valence-electron chi connectivity index (χ3n) is 3.82. The Labute approximate surface area is 155 Å². The molecule has 0 unspecified atom stereocenters. The van der Waals surface area contributed by atoms with Crippen molar-refractivity contribution in [2.24, 2.45) is 0 Å². The molecule has 3 aromatic rings. The Morgan fingerprint density at radius 2 is 1.62 bits per heavy atom. The van der Waals surface area contributed by atoms with Crippen molar-refractivity contribution in [1.29, 1.82) is 0 Å². The molecule has 1 aromatic heterocycles. The fourth-order valence-electron chi connectivity index (χ4n) is 2.42. The van der Waals surface area contributed by atoms with Crippen molar-refractivity contribution in [3.8, 4) is 5.75 Å². The van der Waals surface area contributed by atoms with Gasteiger partial charge >= 0.3 is 0 Å². The Morgan fingerprint density at radius 3 is 2.35 bits per heavy atom. The SMILES string of the molecule is O=c1c(NCCCCOc2ccc(Cl)cc2)c(Nc2ccncc2)c1=O. The molecule has 0 aliphatic rings. The number of hydrogen-bond acceptors (Lipinski definition) is 6. The van der Waals surface area contributed by atoms with Crippen LogP contribution in [0.1, 0.15) is 12.8 Å². The van der Waals surface area contributed by atoms with E-state index >= 15 is 0 Å². The van der Waals surface area contributed by atoms with Gasteiger partial charge in [0.05, 0.1) is 6.61 Å². The molecule has 3 rings (SSSR count). The highest BCUT2D eigenvalue weighted by Gasteiger charge is 2.20. The molecule has 1 heterocycles. The number of ether oxygens (including phenoxy) is 1. The highest BCUT2D eigenvalue weighted by atomic mass is 35.5. The molecule has 0 amide bonds. The van der Waals surface area contributed by atoms with Crippen molar-refractivity contribution < 1.29 is 4.74 Å². The second-order valence-corrected chi connectivity index (χ2v) is 6.14. The molecule has 0 saturated carbocycles. The molecular formula is C19H18ClN3O3. The van der Waals surface area contributed by atoms with Gasteiger partial charge < -0.3 is 15.4 Å². The first-order valence-electron chi connectivity index (χ1n) is 8.28. The predicted molar refractivity (Wildman–Crippen MR) is 104 cm³/mol. The van der Waals surface area contributed by atoms with Gasteiger partial charge in [0.1, 0.15) is 17.1 Å². The molecule has 0 aliphatic carbocycles. The molecule has 0 radical (unpaired) electrons. The fraction of sp³-hybridized carbons (Fsp3) is 0.211. The van der Waals surface area contributed by atoms with E-state index in [0.29, 0.717) is 35.2 Å². The Bertz CT molecular complexity index is 920. The maximum absolute atomic E-state index is 11.7. The summed E-state index contributed by atoms with van der Waals surface area (Å²) in [4.78, 5) is 27.4. The number of hydrogen-bond donors (Lipinski definition) is 2. The topological polar surface area (TPSA) is 80.3 Å². The molecule has 0 atom stereocenters. The van der Waals surface area contributed by atoms with E-state index in [0.717, 1.165) is 18.6 Å². The predicted octanol–water partition coefficient (Wildman–Crippen LogP) is 3.35. The van der Waals surface area contributed by atoms with Crippen LogP contribution in [0.5, 0.6) is 5.75 Å². The van der Waals surface area contributed by atoms with Gasteiger partial charge in [-0.3, -0.25) is 14.6 Å². The van der Waals surface area contributed by atoms with Crippen molar-refractivity contribution in [3.63, 3.8) is 0 Å². The van der Waals surface area contributed by atoms with Gasteiger partial charge in [0.25, 0.3) is 10.9 Å². The number of unbranched alkanes of at least 4 members (excludes halogenated alkanes) is 1. The van der Waals surface area contributed by atoms with Crippen LogP contribution in [-0.2, 0) is 0 Å². The maximum atomic E-state index is 11.7. The van der Waals surface area contributed by atoms with E-state index in [9.17, 15) is 9.59 Å². The molecule has 6 nitrogen and oxygen atoms in total. The largest absolute Gasteiger partial charge is 0.494 e. The van der Waals surface area contributed by atoms with E-state index < -0.39 is 10.9 Å². The number of pyridine rings is 1. The zero-order chi connectivity index (χ0) is 18.4. The summed E-state index contributed by atoms with van der Waals surface area (Å²) in [7, 11) is 0. The summed E-state index contributed by atoms with van der Waals surface area (Å²) >= 11 is 5.82. The van der Waals surface area contributed by atoms with Crippen LogP contribution >= 0.6 is 11.6 Å². The minimum atomic E-state index is -0.504. The fourth-order valence-corrected chi connectivity index (χ4v) is 2.55. The number of halogens is 1. The van der Waals surface area contributed by atoms with E-state index in [2.05, 4.69) is 15.6 Å². The van der Waals surface area contributed by atoms with E-state index in [1.165, 1.54) is 0 Å². The molecular weight excluding hydrogens is 354 g/mol. The van der Waals surface area contributed by atoms with E-state index in [1.54, 1.807) is 36.7 Å². The zero-order valence-electron chi connectivity index (χ0n) is 14.0. The first-order valence-corrected chi connectivity index (χ1v) is 8.65. The van der Waals surface area contributed by atoms with Crippen LogP contribution in [0.2, 0.25) is 5.02 Å². The summed E-state index contributed by atoms with van der Waals surface area (Å²) in [5, 5.41) is 6.66. The zero-order valence-corrected chi connectivity index (χ0v) is 14.8. The Hall–Kier alpha value is -2.86. The second kappa shape index (κ2) is 8.49. The molecule has 0 saturated heterocycles. The van der Waals surface area contributed by atoms with Crippen LogP contribution < -0.4 is 26.2 Å². The smallest absolute Gasteiger partial charge is 0.253 e. The van der Waals surface area contributed by atoms with E-state index in [1.807, 2.05) is 12.1 Å². The summed E-state index contributed by atoms with van der Waals surface area (Å²) in [6.45, 7) is 1.15. The first-order chi connectivity index (χ1) is 12.6. The molecule has 134 valence electrons. The Balaban J connectivity index is 1.42. The molecule has 26 heavy (non-hydrogen) atoms. The Morgan fingerprint density at radius 1 is 0.923 bits per heavy atom. The lowest BCUT2D eigenvalue weighted by molar-refractivity contribution is 0.308. The molecule has 2 N–H and O–H groups in total. The monoisotopic (exact) mass is 371 g/mol. The summed E-state index contributed by atoms with van der Waals surface area (Å²) in [5.41, 5.74) is 0.366. The molecule has 0 spiro atoms. The second-order valence-electron chi connectivity index (χ2n) is 5.71. The standard InChI is InChI=1S/C19H18ClN3O3/c20-13-3-5-15(6-4-13)26-12-2-1-9-22-16-17(19(25)18(16)24)23-14-7-10-21-11-8-14/h3-8,10-11,22H,1-2,9,12H2,(H,21,23). The van der Waals surface area contributed by atoms with Crippen LogP contribution in [-0.4, -0.2) is 18.1 Å². The van der Waals surface area contributed by atoms with Crippen LogP contribution in [0.15, 0.2) is 58.4 Å². The highest BCUT2D eigenvalue weighted by Crippen LogP contribution is 2.20. The van der Waals surface area contributed by atoms with Gasteiger partial charge in [-0.05, 0) is 49.2 Å². The third-order valence-corrected chi connectivity index (χ3v) is 4.07. The van der Waals surface area contributed by atoms with Gasteiger partial charge in [0.2, 0.25) is 0 Å². The van der Waals surface area contributed by atoms with Crippen molar-refractivity contribution in [3.05, 3.63) is 74.3 Å². The van der Waals surface area contributed by atoms with Crippen LogP contribution in [0.3, 0.4) is 0 Å². The minimum absolute atomic E-state index is 0.304. The summed E-state index contributed by atoms with van der Waals surface area (Å²) in [5.74, 6) is 0.772. The minimum Gasteiger partial charge on any atom is -0.494 e. The average Bonchev–Trinajstić information content (AvgIpc) is 2.68. The van der Waals surface area contributed by atoms with Gasteiger partial charge in [-0.25, -0.2) is 0 Å². The number of aromatic nitrogens is 1. The molecule has 0 aliphatic heterocycles. The number of anilines is 3. The quantitative estimate of drug-likeness (QED) is 0.443. The number of rotatable bonds is 9. The lowest BCUT2D eigenvalue weighted by Crippen LogP contribution is -2.36. The van der Waals surface area contributed by atoms with Gasteiger partial charge in [0.15, 0.2) is 0 Å². The maximum Gasteiger partial charge on any atom is 0.253 e. The van der Waals surface area contributed by atoms with Gasteiger partial charge in [-0.15, -0.1) is 0 Å². The highest BCUT2D eigenvalue weighted by molar-refractivity contribution is 6.30. The molecule has 0 bridgehead atoms. The third kappa shape index (κ3) is 4.40. The van der Waals surface area contributed by atoms with Crippen molar-refractivity contribution in [2.75, 3.05) is 23.8 Å². The van der Waals surface area contributed by atoms with Crippen molar-refractivity contribution in [2.45, 2.75) is 12.8 Å². The van der Waals surface area contributed by atoms with E-state index in [-0.39, 0.29) is 0 Å². The number of nitrogens with zero attached hydrogens (tertiary/aromatic N) is 1. The van der Waals surface area contributed by atoms with Gasteiger partial charge in [-0.2, -0.15) is 0 Å². The van der Waals surface area contributed by atoms with Crippen LogP contribution in [0.4, 0.5) is 17.1 Å². The average molecular weight is 372 g/mol. The normalized spacial score (nSPS) is 10.7. The van der Waals surface area contributed by atoms with Gasteiger partial charge in [-0.1, -0.05) is 11.6 Å². The molecule has 7 heteroatoms. The van der Waals surface area contributed by atoms with Crippen molar-refractivity contribution >= 4 is 28.7 Å². The Kier molecular flexibility index (Phi) is 5.86. The number of benzene rings is 1.